The third-order valence-electron chi connectivity index (χ3n) is 2.85. The fourth-order valence-corrected chi connectivity index (χ4v) is 1.75. The van der Waals surface area contributed by atoms with Crippen LogP contribution in [0.25, 0.3) is 0 Å². The summed E-state index contributed by atoms with van der Waals surface area (Å²) in [6, 6.07) is 1.94. The van der Waals surface area contributed by atoms with Crippen molar-refractivity contribution in [2.24, 2.45) is 0 Å². The number of hydrogen-bond donors (Lipinski definition) is 0. The number of ketones is 1. The van der Waals surface area contributed by atoms with E-state index in [2.05, 4.69) is 4.74 Å². The van der Waals surface area contributed by atoms with Gasteiger partial charge in [0.05, 0.1) is 12.1 Å². The van der Waals surface area contributed by atoms with Crippen molar-refractivity contribution in [3.63, 3.8) is 0 Å². The van der Waals surface area contributed by atoms with Crippen molar-refractivity contribution >= 4 is 17.4 Å². The van der Waals surface area contributed by atoms with Crippen molar-refractivity contribution in [1.82, 2.24) is 0 Å². The van der Waals surface area contributed by atoms with Crippen LogP contribution in [0.3, 0.4) is 0 Å². The van der Waals surface area contributed by atoms with Gasteiger partial charge in [0.1, 0.15) is 5.75 Å². The molecule has 0 saturated carbocycles. The molecule has 24 heavy (non-hydrogen) atoms. The average molecular weight is 389 g/mol. The number of hydrogen-bond acceptors (Lipinski definition) is 2. The molecule has 0 amide bonds. The minimum Gasteiger partial charge on any atom is -0.497 e. The first-order valence-corrected chi connectivity index (χ1v) is 6.07. The molecular formula is C12H6ClF9O2. The summed E-state index contributed by atoms with van der Waals surface area (Å²) < 4.78 is 119. The van der Waals surface area contributed by atoms with Crippen molar-refractivity contribution in [2.45, 2.75) is 23.9 Å². The maximum atomic E-state index is 13.5. The lowest BCUT2D eigenvalue weighted by atomic mass is 9.95. The Labute approximate surface area is 133 Å². The van der Waals surface area contributed by atoms with E-state index < -0.39 is 40.3 Å². The second-order valence-electron chi connectivity index (χ2n) is 4.40. The van der Waals surface area contributed by atoms with E-state index in [9.17, 15) is 44.3 Å². The molecule has 0 saturated heterocycles. The SMILES string of the molecule is COc1ccc(C(=O)C(F)(F)C(F)(F)C(F)(F)C(F)(F)F)c(Cl)c1. The topological polar surface area (TPSA) is 26.3 Å². The number of alkyl halides is 9. The van der Waals surface area contributed by atoms with Crippen LogP contribution in [0.15, 0.2) is 18.2 Å². The van der Waals surface area contributed by atoms with E-state index in [0.29, 0.717) is 12.1 Å². The van der Waals surface area contributed by atoms with Gasteiger partial charge in [0.15, 0.2) is 0 Å². The van der Waals surface area contributed by atoms with Gasteiger partial charge in [0, 0.05) is 5.56 Å². The Balaban J connectivity index is 3.40. The molecule has 0 fully saturated rings. The van der Waals surface area contributed by atoms with Gasteiger partial charge in [0.25, 0.3) is 0 Å². The van der Waals surface area contributed by atoms with Crippen LogP contribution in [0.4, 0.5) is 39.5 Å². The zero-order chi connectivity index (χ0) is 19.1. The number of carbonyl (C=O) groups is 1. The molecule has 2 nitrogen and oxygen atoms in total. The number of rotatable bonds is 5. The Morgan fingerprint density at radius 2 is 1.46 bits per heavy atom. The fourth-order valence-electron chi connectivity index (χ4n) is 1.49. The molecule has 12 heteroatoms. The smallest absolute Gasteiger partial charge is 0.460 e. The second-order valence-corrected chi connectivity index (χ2v) is 4.80. The quantitative estimate of drug-likeness (QED) is 0.524. The van der Waals surface area contributed by atoms with Crippen molar-refractivity contribution in [2.75, 3.05) is 7.11 Å². The summed E-state index contributed by atoms with van der Waals surface area (Å²) in [5, 5.41) is -0.898. The number of Topliss-reactive ketones (excluding diaryl/α,β-unsaturated/α-hetero) is 1. The molecule has 0 atom stereocenters. The van der Waals surface area contributed by atoms with E-state index >= 15 is 0 Å². The minimum atomic E-state index is -7.15. The summed E-state index contributed by atoms with van der Waals surface area (Å²) in [5.41, 5.74) is -1.37. The monoisotopic (exact) mass is 388 g/mol. The van der Waals surface area contributed by atoms with E-state index in [0.717, 1.165) is 13.2 Å². The van der Waals surface area contributed by atoms with E-state index in [1.807, 2.05) is 0 Å². The summed E-state index contributed by atoms with van der Waals surface area (Å²) >= 11 is 5.37. The van der Waals surface area contributed by atoms with Gasteiger partial charge in [-0.2, -0.15) is 39.5 Å². The summed E-state index contributed by atoms with van der Waals surface area (Å²) in [5.74, 6) is -23.7. The number of carbonyl (C=O) groups excluding carboxylic acids is 1. The Bertz CT molecular complexity index is 640. The van der Waals surface area contributed by atoms with Crippen molar-refractivity contribution < 1.29 is 49.0 Å². The molecule has 1 rings (SSSR count). The summed E-state index contributed by atoms with van der Waals surface area (Å²) in [7, 11) is 1.10. The Morgan fingerprint density at radius 3 is 1.83 bits per heavy atom. The number of benzene rings is 1. The van der Waals surface area contributed by atoms with Crippen LogP contribution >= 0.6 is 11.6 Å². The van der Waals surface area contributed by atoms with Crippen LogP contribution in [-0.4, -0.2) is 36.8 Å². The normalized spacial score (nSPS) is 13.8. The fraction of sp³-hybridized carbons (Fsp3) is 0.417. The van der Waals surface area contributed by atoms with Gasteiger partial charge in [-0.3, -0.25) is 4.79 Å². The molecule has 0 aliphatic rings. The minimum absolute atomic E-state index is 0.104. The highest BCUT2D eigenvalue weighted by Gasteiger charge is 2.83. The van der Waals surface area contributed by atoms with Crippen molar-refractivity contribution in [1.29, 1.82) is 0 Å². The average Bonchev–Trinajstić information content (AvgIpc) is 2.44. The summed E-state index contributed by atoms with van der Waals surface area (Å²) in [6.45, 7) is 0. The van der Waals surface area contributed by atoms with E-state index in [1.54, 1.807) is 0 Å². The first-order chi connectivity index (χ1) is 10.6. The first-order valence-electron chi connectivity index (χ1n) is 5.69. The Morgan fingerprint density at radius 1 is 0.958 bits per heavy atom. The molecular weight excluding hydrogens is 383 g/mol. The molecule has 0 unspecified atom stereocenters. The van der Waals surface area contributed by atoms with Crippen LogP contribution in [0, 0.1) is 0 Å². The molecule has 1 aromatic carbocycles. The zero-order valence-corrected chi connectivity index (χ0v) is 12.1. The number of methoxy groups -OCH3 is 1. The third kappa shape index (κ3) is 3.01. The van der Waals surface area contributed by atoms with Crippen LogP contribution < -0.4 is 4.74 Å². The predicted molar refractivity (Wildman–Crippen MR) is 63.2 cm³/mol. The van der Waals surface area contributed by atoms with Crippen molar-refractivity contribution in [3.05, 3.63) is 28.8 Å². The lowest BCUT2D eigenvalue weighted by molar-refractivity contribution is -0.386. The largest absolute Gasteiger partial charge is 0.497 e. The van der Waals surface area contributed by atoms with Crippen LogP contribution in [0.1, 0.15) is 10.4 Å². The standard InChI is InChI=1S/C12H6ClF9O2/c1-24-5-2-3-6(7(13)4-5)8(23)9(14,15)10(16,17)11(18,19)12(20,21)22/h2-4H,1H3. The highest BCUT2D eigenvalue weighted by Crippen LogP contribution is 2.54. The molecule has 0 aliphatic heterocycles. The Hall–Kier alpha value is -1.65. The molecule has 0 aromatic heterocycles. The molecule has 1 aromatic rings. The van der Waals surface area contributed by atoms with E-state index in [-0.39, 0.29) is 5.75 Å². The lowest BCUT2D eigenvalue weighted by Gasteiger charge is -2.32. The lowest BCUT2D eigenvalue weighted by Crippen LogP contribution is -2.63. The maximum absolute atomic E-state index is 13.5. The molecule has 0 spiro atoms. The van der Waals surface area contributed by atoms with E-state index in [1.165, 1.54) is 0 Å². The zero-order valence-electron chi connectivity index (χ0n) is 11.3. The first kappa shape index (κ1) is 20.4. The van der Waals surface area contributed by atoms with Crippen molar-refractivity contribution in [3.8, 4) is 5.75 Å². The van der Waals surface area contributed by atoms with Gasteiger partial charge in [0.2, 0.25) is 5.78 Å². The van der Waals surface area contributed by atoms with Gasteiger partial charge in [-0.05, 0) is 18.2 Å². The maximum Gasteiger partial charge on any atom is 0.460 e. The van der Waals surface area contributed by atoms with Gasteiger partial charge in [-0.1, -0.05) is 11.6 Å². The van der Waals surface area contributed by atoms with Crippen LogP contribution in [-0.2, 0) is 0 Å². The molecule has 0 N–H and O–H groups in total. The van der Waals surface area contributed by atoms with Gasteiger partial charge in [-0.15, -0.1) is 0 Å². The third-order valence-corrected chi connectivity index (χ3v) is 3.16. The number of halogens is 10. The molecule has 0 aliphatic carbocycles. The highest BCUT2D eigenvalue weighted by atomic mass is 35.5. The summed E-state index contributed by atoms with van der Waals surface area (Å²) in [6.07, 6.45) is -7.01. The second kappa shape index (κ2) is 6.01. The molecule has 0 heterocycles. The predicted octanol–water partition coefficient (Wildman–Crippen LogP) is 5.00. The van der Waals surface area contributed by atoms with Gasteiger partial charge < -0.3 is 4.74 Å². The van der Waals surface area contributed by atoms with E-state index in [4.69, 9.17) is 11.6 Å². The van der Waals surface area contributed by atoms with Gasteiger partial charge >= 0.3 is 23.9 Å². The van der Waals surface area contributed by atoms with Gasteiger partial charge in [-0.25, -0.2) is 0 Å². The summed E-state index contributed by atoms with van der Waals surface area (Å²) in [4.78, 5) is 11.5. The number of ether oxygens (including phenoxy) is 1. The van der Waals surface area contributed by atoms with Crippen LogP contribution in [0.2, 0.25) is 5.02 Å². The Kier molecular flexibility index (Phi) is 5.11. The molecule has 0 radical (unpaired) electrons. The molecule has 0 bridgehead atoms. The van der Waals surface area contributed by atoms with Crippen LogP contribution in [0.5, 0.6) is 5.75 Å². The highest BCUT2D eigenvalue weighted by molar-refractivity contribution is 6.34. The molecule has 136 valence electrons.